The second-order valence-electron chi connectivity index (χ2n) is 4.65. The van der Waals surface area contributed by atoms with Gasteiger partial charge in [-0.3, -0.25) is 0 Å². The first-order chi connectivity index (χ1) is 7.95. The van der Waals surface area contributed by atoms with E-state index in [0.29, 0.717) is 12.0 Å². The van der Waals surface area contributed by atoms with Crippen LogP contribution in [0, 0.1) is 5.92 Å². The number of rotatable bonds is 6. The molecule has 16 heavy (non-hydrogen) atoms. The van der Waals surface area contributed by atoms with Crippen molar-refractivity contribution in [3.8, 4) is 0 Å². The van der Waals surface area contributed by atoms with E-state index in [1.807, 2.05) is 0 Å². The molecule has 4 heteroatoms. The predicted molar refractivity (Wildman–Crippen MR) is 61.6 cm³/mol. The first kappa shape index (κ1) is 12.3. The van der Waals surface area contributed by atoms with E-state index >= 15 is 0 Å². The van der Waals surface area contributed by atoms with Crippen LogP contribution in [0.3, 0.4) is 0 Å². The van der Waals surface area contributed by atoms with Crippen LogP contribution in [-0.2, 0) is 14.2 Å². The normalized spacial score (nSPS) is 27.4. The van der Waals surface area contributed by atoms with Gasteiger partial charge < -0.3 is 19.5 Å². The highest BCUT2D eigenvalue weighted by Gasteiger charge is 2.15. The lowest BCUT2D eigenvalue weighted by molar-refractivity contribution is 0.0672. The Morgan fingerprint density at radius 1 is 1.06 bits per heavy atom. The van der Waals surface area contributed by atoms with Crippen LogP contribution in [0.1, 0.15) is 19.3 Å². The van der Waals surface area contributed by atoms with Gasteiger partial charge in [-0.15, -0.1) is 0 Å². The largest absolute Gasteiger partial charge is 0.381 e. The Hall–Kier alpha value is -0.160. The molecule has 0 spiro atoms. The van der Waals surface area contributed by atoms with E-state index in [9.17, 15) is 0 Å². The van der Waals surface area contributed by atoms with Crippen molar-refractivity contribution in [2.24, 2.45) is 5.92 Å². The Balaban J connectivity index is 1.42. The lowest BCUT2D eigenvalue weighted by atomic mass is 10.1. The van der Waals surface area contributed by atoms with Crippen molar-refractivity contribution in [2.75, 3.05) is 46.2 Å². The van der Waals surface area contributed by atoms with E-state index in [1.165, 1.54) is 0 Å². The molecule has 0 amide bonds. The predicted octanol–water partition coefficient (Wildman–Crippen LogP) is 0.808. The first-order valence-corrected chi connectivity index (χ1v) is 6.42. The maximum Gasteiger partial charge on any atom is 0.0591 e. The molecule has 2 heterocycles. The van der Waals surface area contributed by atoms with Gasteiger partial charge in [0.25, 0.3) is 0 Å². The summed E-state index contributed by atoms with van der Waals surface area (Å²) in [6.45, 7) is 6.22. The Labute approximate surface area is 97.6 Å². The molecule has 2 aliphatic heterocycles. The van der Waals surface area contributed by atoms with E-state index in [0.717, 1.165) is 65.4 Å². The third kappa shape index (κ3) is 4.37. The summed E-state index contributed by atoms with van der Waals surface area (Å²) in [5, 5.41) is 3.51. The van der Waals surface area contributed by atoms with Gasteiger partial charge in [0, 0.05) is 38.3 Å². The molecular weight excluding hydrogens is 206 g/mol. The molecule has 0 bridgehead atoms. The van der Waals surface area contributed by atoms with Crippen LogP contribution < -0.4 is 5.32 Å². The fourth-order valence-corrected chi connectivity index (χ4v) is 2.20. The van der Waals surface area contributed by atoms with E-state index in [2.05, 4.69) is 5.32 Å². The Morgan fingerprint density at radius 3 is 2.62 bits per heavy atom. The van der Waals surface area contributed by atoms with Gasteiger partial charge >= 0.3 is 0 Å². The zero-order chi connectivity index (χ0) is 11.1. The number of ether oxygens (including phenoxy) is 3. The number of nitrogens with one attached hydrogen (secondary N) is 1. The average Bonchev–Trinajstić information content (AvgIpc) is 2.83. The van der Waals surface area contributed by atoms with Crippen molar-refractivity contribution < 1.29 is 14.2 Å². The van der Waals surface area contributed by atoms with Gasteiger partial charge in [0.2, 0.25) is 0 Å². The summed E-state index contributed by atoms with van der Waals surface area (Å²) in [5.41, 5.74) is 0. The Bertz CT molecular complexity index is 177. The summed E-state index contributed by atoms with van der Waals surface area (Å²) in [6.07, 6.45) is 3.43. The van der Waals surface area contributed by atoms with Crippen molar-refractivity contribution in [1.29, 1.82) is 0 Å². The lowest BCUT2D eigenvalue weighted by Gasteiger charge is -2.23. The Kier molecular flexibility index (Phi) is 5.55. The smallest absolute Gasteiger partial charge is 0.0591 e. The van der Waals surface area contributed by atoms with Gasteiger partial charge in [0.05, 0.1) is 19.8 Å². The number of hydrogen-bond donors (Lipinski definition) is 1. The highest BCUT2D eigenvalue weighted by molar-refractivity contribution is 4.69. The van der Waals surface area contributed by atoms with E-state index in [-0.39, 0.29) is 0 Å². The fourth-order valence-electron chi connectivity index (χ4n) is 2.20. The standard InChI is InChI=1S/C12H23NO3/c1-5-15-9-11(1)10-16-8-4-13-12-2-6-14-7-3-12/h11-13H,1-10H2. The molecule has 4 nitrogen and oxygen atoms in total. The molecule has 0 saturated carbocycles. The van der Waals surface area contributed by atoms with E-state index in [4.69, 9.17) is 14.2 Å². The van der Waals surface area contributed by atoms with Crippen molar-refractivity contribution in [2.45, 2.75) is 25.3 Å². The van der Waals surface area contributed by atoms with Gasteiger partial charge in [0.15, 0.2) is 0 Å². The molecule has 2 fully saturated rings. The molecule has 1 atom stereocenters. The van der Waals surface area contributed by atoms with Crippen molar-refractivity contribution >= 4 is 0 Å². The second-order valence-corrected chi connectivity index (χ2v) is 4.65. The van der Waals surface area contributed by atoms with Gasteiger partial charge in [-0.1, -0.05) is 0 Å². The Morgan fingerprint density at radius 2 is 1.88 bits per heavy atom. The minimum absolute atomic E-state index is 0.628. The summed E-state index contributed by atoms with van der Waals surface area (Å²) in [7, 11) is 0. The molecular formula is C12H23NO3. The van der Waals surface area contributed by atoms with Crippen LogP contribution in [-0.4, -0.2) is 52.2 Å². The summed E-state index contributed by atoms with van der Waals surface area (Å²) < 4.78 is 16.2. The monoisotopic (exact) mass is 229 g/mol. The lowest BCUT2D eigenvalue weighted by Crippen LogP contribution is -2.36. The zero-order valence-electron chi connectivity index (χ0n) is 9.95. The third-order valence-electron chi connectivity index (χ3n) is 3.28. The molecule has 0 radical (unpaired) electrons. The summed E-state index contributed by atoms with van der Waals surface area (Å²) >= 11 is 0. The summed E-state index contributed by atoms with van der Waals surface area (Å²) in [5.74, 6) is 0.628. The molecule has 0 aromatic carbocycles. The van der Waals surface area contributed by atoms with Crippen LogP contribution in [0.15, 0.2) is 0 Å². The molecule has 2 saturated heterocycles. The van der Waals surface area contributed by atoms with Crippen molar-refractivity contribution in [1.82, 2.24) is 5.32 Å². The first-order valence-electron chi connectivity index (χ1n) is 6.42. The molecule has 0 aromatic rings. The number of hydrogen-bond acceptors (Lipinski definition) is 4. The van der Waals surface area contributed by atoms with Crippen molar-refractivity contribution in [3.05, 3.63) is 0 Å². The fraction of sp³-hybridized carbons (Fsp3) is 1.00. The highest BCUT2D eigenvalue weighted by Crippen LogP contribution is 2.12. The van der Waals surface area contributed by atoms with E-state index in [1.54, 1.807) is 0 Å². The van der Waals surface area contributed by atoms with Gasteiger partial charge in [-0.25, -0.2) is 0 Å². The summed E-state index contributed by atoms with van der Waals surface area (Å²) in [6, 6.07) is 0.632. The van der Waals surface area contributed by atoms with Crippen LogP contribution in [0.25, 0.3) is 0 Å². The van der Waals surface area contributed by atoms with E-state index < -0.39 is 0 Å². The highest BCUT2D eigenvalue weighted by atomic mass is 16.5. The quantitative estimate of drug-likeness (QED) is 0.684. The van der Waals surface area contributed by atoms with Gasteiger partial charge in [0.1, 0.15) is 0 Å². The molecule has 2 aliphatic rings. The molecule has 1 N–H and O–H groups in total. The SMILES string of the molecule is C(COCC1CCOC1)NC1CCOCC1. The van der Waals surface area contributed by atoms with Gasteiger partial charge in [-0.05, 0) is 19.3 Å². The third-order valence-corrected chi connectivity index (χ3v) is 3.28. The zero-order valence-corrected chi connectivity index (χ0v) is 9.95. The topological polar surface area (TPSA) is 39.7 Å². The summed E-state index contributed by atoms with van der Waals surface area (Å²) in [4.78, 5) is 0. The molecule has 0 aromatic heterocycles. The van der Waals surface area contributed by atoms with Crippen LogP contribution in [0.4, 0.5) is 0 Å². The maximum absolute atomic E-state index is 5.63. The van der Waals surface area contributed by atoms with Crippen molar-refractivity contribution in [3.63, 3.8) is 0 Å². The van der Waals surface area contributed by atoms with Crippen LogP contribution >= 0.6 is 0 Å². The molecule has 1 unspecified atom stereocenters. The van der Waals surface area contributed by atoms with Gasteiger partial charge in [-0.2, -0.15) is 0 Å². The molecule has 2 rings (SSSR count). The second kappa shape index (κ2) is 7.22. The molecule has 94 valence electrons. The van der Waals surface area contributed by atoms with Crippen LogP contribution in [0.5, 0.6) is 0 Å². The van der Waals surface area contributed by atoms with Crippen LogP contribution in [0.2, 0.25) is 0 Å². The minimum atomic E-state index is 0.628. The molecule has 0 aliphatic carbocycles. The minimum Gasteiger partial charge on any atom is -0.381 e. The maximum atomic E-state index is 5.63. The average molecular weight is 229 g/mol.